The zero-order valence-electron chi connectivity index (χ0n) is 11.2. The quantitative estimate of drug-likeness (QED) is 0.619. The van der Waals surface area contributed by atoms with Crippen LogP contribution in [0.4, 0.5) is 0 Å². The third-order valence-electron chi connectivity index (χ3n) is 2.12. The molecule has 2 N–H and O–H groups in total. The topological polar surface area (TPSA) is 36.4 Å². The van der Waals surface area contributed by atoms with Crippen molar-refractivity contribution >= 4 is 5.96 Å². The van der Waals surface area contributed by atoms with Crippen LogP contribution >= 0.6 is 0 Å². The number of aliphatic imine (C=N–C) groups is 1. The molecule has 0 fully saturated rings. The van der Waals surface area contributed by atoms with Gasteiger partial charge in [0.2, 0.25) is 0 Å². The van der Waals surface area contributed by atoms with E-state index in [1.165, 1.54) is 5.56 Å². The molecule has 0 radical (unpaired) electrons. The lowest BCUT2D eigenvalue weighted by molar-refractivity contribution is 0.684. The molecule has 0 aliphatic rings. The number of guanidine groups is 1. The van der Waals surface area contributed by atoms with Crippen LogP contribution in [0.1, 0.15) is 33.3 Å². The SMILES string of the molecule is CC(C)N=C(NCc1ccccc1)NC(C)C. The fourth-order valence-corrected chi connectivity index (χ4v) is 1.45. The minimum absolute atomic E-state index is 0.291. The first-order valence-electron chi connectivity index (χ1n) is 6.20. The smallest absolute Gasteiger partial charge is 0.191 e. The van der Waals surface area contributed by atoms with Gasteiger partial charge in [0.15, 0.2) is 5.96 Å². The summed E-state index contributed by atoms with van der Waals surface area (Å²) >= 11 is 0. The van der Waals surface area contributed by atoms with Crippen LogP contribution in [0.3, 0.4) is 0 Å². The number of rotatable bonds is 4. The Kier molecular flexibility index (Phi) is 5.53. The maximum absolute atomic E-state index is 4.53. The third-order valence-corrected chi connectivity index (χ3v) is 2.12. The summed E-state index contributed by atoms with van der Waals surface area (Å²) in [4.78, 5) is 4.53. The molecule has 0 amide bonds. The van der Waals surface area contributed by atoms with Crippen molar-refractivity contribution in [1.29, 1.82) is 0 Å². The first kappa shape index (κ1) is 13.6. The lowest BCUT2D eigenvalue weighted by atomic mass is 10.2. The van der Waals surface area contributed by atoms with Crippen molar-refractivity contribution in [3.05, 3.63) is 35.9 Å². The highest BCUT2D eigenvalue weighted by Crippen LogP contribution is 1.97. The molecule has 1 aromatic rings. The summed E-state index contributed by atoms with van der Waals surface area (Å²) in [6, 6.07) is 11.0. The second-order valence-electron chi connectivity index (χ2n) is 4.71. The van der Waals surface area contributed by atoms with Crippen molar-refractivity contribution in [2.75, 3.05) is 0 Å². The fraction of sp³-hybridized carbons (Fsp3) is 0.500. The van der Waals surface area contributed by atoms with E-state index in [0.717, 1.165) is 12.5 Å². The van der Waals surface area contributed by atoms with Gasteiger partial charge < -0.3 is 10.6 Å². The standard InChI is InChI=1S/C14H23N3/c1-11(2)16-14(17-12(3)4)15-10-13-8-6-5-7-9-13/h5-9,11-12H,10H2,1-4H3,(H2,15,16,17). The second-order valence-corrected chi connectivity index (χ2v) is 4.71. The molecular weight excluding hydrogens is 210 g/mol. The molecule has 0 spiro atoms. The summed E-state index contributed by atoms with van der Waals surface area (Å²) in [5.74, 6) is 0.874. The van der Waals surface area contributed by atoms with Crippen LogP contribution in [0, 0.1) is 0 Å². The Labute approximate surface area is 104 Å². The molecule has 0 aliphatic carbocycles. The minimum atomic E-state index is 0.291. The van der Waals surface area contributed by atoms with Crippen LogP contribution in [0.15, 0.2) is 35.3 Å². The average Bonchev–Trinajstić information content (AvgIpc) is 2.26. The van der Waals surface area contributed by atoms with E-state index in [1.807, 2.05) is 18.2 Å². The highest BCUT2D eigenvalue weighted by atomic mass is 15.2. The van der Waals surface area contributed by atoms with Crippen LogP contribution in [0.2, 0.25) is 0 Å². The number of nitrogens with zero attached hydrogens (tertiary/aromatic N) is 1. The highest BCUT2D eigenvalue weighted by molar-refractivity contribution is 5.80. The molecule has 0 aliphatic heterocycles. The Bertz CT molecular complexity index is 342. The van der Waals surface area contributed by atoms with Gasteiger partial charge in [-0.3, -0.25) is 4.99 Å². The molecule has 0 aromatic heterocycles. The minimum Gasteiger partial charge on any atom is -0.354 e. The third kappa shape index (κ3) is 5.95. The zero-order valence-corrected chi connectivity index (χ0v) is 11.2. The van der Waals surface area contributed by atoms with Gasteiger partial charge in [-0.15, -0.1) is 0 Å². The van der Waals surface area contributed by atoms with Gasteiger partial charge in [0.25, 0.3) is 0 Å². The Morgan fingerprint density at radius 1 is 1.12 bits per heavy atom. The van der Waals surface area contributed by atoms with Gasteiger partial charge in [-0.25, -0.2) is 0 Å². The Balaban J connectivity index is 2.55. The Morgan fingerprint density at radius 2 is 1.76 bits per heavy atom. The molecule has 0 saturated heterocycles. The number of hydrogen-bond acceptors (Lipinski definition) is 1. The van der Waals surface area contributed by atoms with E-state index in [2.05, 4.69) is 55.5 Å². The molecule has 3 nitrogen and oxygen atoms in total. The summed E-state index contributed by atoms with van der Waals surface area (Å²) in [5.41, 5.74) is 1.26. The maximum Gasteiger partial charge on any atom is 0.191 e. The largest absolute Gasteiger partial charge is 0.354 e. The lowest BCUT2D eigenvalue weighted by Gasteiger charge is -2.16. The molecule has 0 heterocycles. The van der Waals surface area contributed by atoms with Crippen molar-refractivity contribution in [3.8, 4) is 0 Å². The highest BCUT2D eigenvalue weighted by Gasteiger charge is 2.02. The zero-order chi connectivity index (χ0) is 12.7. The monoisotopic (exact) mass is 233 g/mol. The molecule has 3 heteroatoms. The average molecular weight is 233 g/mol. The Morgan fingerprint density at radius 3 is 2.29 bits per heavy atom. The summed E-state index contributed by atoms with van der Waals surface area (Å²) in [6.45, 7) is 9.17. The van der Waals surface area contributed by atoms with Crippen LogP contribution in [0.25, 0.3) is 0 Å². The normalized spacial score (nSPS) is 12.0. The van der Waals surface area contributed by atoms with E-state index in [1.54, 1.807) is 0 Å². The van der Waals surface area contributed by atoms with Crippen LogP contribution in [0.5, 0.6) is 0 Å². The first-order chi connectivity index (χ1) is 8.08. The van der Waals surface area contributed by atoms with Crippen molar-refractivity contribution in [1.82, 2.24) is 10.6 Å². The van der Waals surface area contributed by atoms with Gasteiger partial charge >= 0.3 is 0 Å². The summed E-state index contributed by atoms with van der Waals surface area (Å²) in [6.07, 6.45) is 0. The molecule has 0 atom stereocenters. The van der Waals surface area contributed by atoms with Gasteiger partial charge in [-0.05, 0) is 33.3 Å². The number of hydrogen-bond donors (Lipinski definition) is 2. The molecule has 0 unspecified atom stereocenters. The van der Waals surface area contributed by atoms with Gasteiger partial charge in [-0.1, -0.05) is 30.3 Å². The van der Waals surface area contributed by atoms with E-state index >= 15 is 0 Å². The van der Waals surface area contributed by atoms with Crippen LogP contribution < -0.4 is 10.6 Å². The molecule has 0 saturated carbocycles. The van der Waals surface area contributed by atoms with Crippen LogP contribution in [-0.2, 0) is 6.54 Å². The van der Waals surface area contributed by atoms with Crippen molar-refractivity contribution < 1.29 is 0 Å². The van der Waals surface area contributed by atoms with Crippen LogP contribution in [-0.4, -0.2) is 18.0 Å². The predicted molar refractivity (Wildman–Crippen MR) is 74.1 cm³/mol. The van der Waals surface area contributed by atoms with Gasteiger partial charge in [0.05, 0.1) is 0 Å². The summed E-state index contributed by atoms with van der Waals surface area (Å²) in [7, 11) is 0. The second kappa shape index (κ2) is 6.94. The molecule has 94 valence electrons. The Hall–Kier alpha value is -1.51. The first-order valence-corrected chi connectivity index (χ1v) is 6.20. The van der Waals surface area contributed by atoms with E-state index < -0.39 is 0 Å². The van der Waals surface area contributed by atoms with Gasteiger partial charge in [0.1, 0.15) is 0 Å². The molecule has 1 rings (SSSR count). The van der Waals surface area contributed by atoms with Gasteiger partial charge in [0, 0.05) is 18.6 Å². The van der Waals surface area contributed by atoms with Crippen molar-refractivity contribution in [2.45, 2.75) is 46.3 Å². The molecular formula is C14H23N3. The van der Waals surface area contributed by atoms with E-state index in [0.29, 0.717) is 12.1 Å². The molecule has 1 aromatic carbocycles. The van der Waals surface area contributed by atoms with E-state index in [-0.39, 0.29) is 0 Å². The summed E-state index contributed by atoms with van der Waals surface area (Å²) < 4.78 is 0. The van der Waals surface area contributed by atoms with Gasteiger partial charge in [-0.2, -0.15) is 0 Å². The van der Waals surface area contributed by atoms with E-state index in [9.17, 15) is 0 Å². The van der Waals surface area contributed by atoms with E-state index in [4.69, 9.17) is 0 Å². The summed E-state index contributed by atoms with van der Waals surface area (Å²) in [5, 5.41) is 6.66. The maximum atomic E-state index is 4.53. The fourth-order valence-electron chi connectivity index (χ4n) is 1.45. The number of benzene rings is 1. The van der Waals surface area contributed by atoms with Crippen molar-refractivity contribution in [3.63, 3.8) is 0 Å². The molecule has 17 heavy (non-hydrogen) atoms. The number of nitrogens with one attached hydrogen (secondary N) is 2. The predicted octanol–water partition coefficient (Wildman–Crippen LogP) is 2.54. The lowest BCUT2D eigenvalue weighted by Crippen LogP contribution is -2.41. The van der Waals surface area contributed by atoms with Crippen molar-refractivity contribution in [2.24, 2.45) is 4.99 Å². The molecule has 0 bridgehead atoms.